The van der Waals surface area contributed by atoms with E-state index in [9.17, 15) is 9.59 Å². The highest BCUT2D eigenvalue weighted by Gasteiger charge is 2.09. The van der Waals surface area contributed by atoms with E-state index in [-0.39, 0.29) is 12.8 Å². The van der Waals surface area contributed by atoms with Gasteiger partial charge in [-0.3, -0.25) is 9.59 Å². The summed E-state index contributed by atoms with van der Waals surface area (Å²) >= 11 is 0. The normalized spacial score (nSPS) is 10.6. The first-order chi connectivity index (χ1) is 7.56. The molecule has 2 N–H and O–H groups in total. The van der Waals surface area contributed by atoms with E-state index in [4.69, 9.17) is 10.2 Å². The van der Waals surface area contributed by atoms with Gasteiger partial charge >= 0.3 is 11.9 Å². The molecule has 0 rings (SSSR count). The van der Waals surface area contributed by atoms with Crippen LogP contribution in [0.5, 0.6) is 0 Å². The van der Waals surface area contributed by atoms with Crippen molar-refractivity contribution < 1.29 is 19.8 Å². The molecule has 0 aliphatic heterocycles. The fourth-order valence-electron chi connectivity index (χ4n) is 1.93. The second kappa shape index (κ2) is 9.19. The van der Waals surface area contributed by atoms with Gasteiger partial charge in [-0.2, -0.15) is 0 Å². The van der Waals surface area contributed by atoms with Crippen LogP contribution in [0.3, 0.4) is 0 Å². The van der Waals surface area contributed by atoms with Crippen molar-refractivity contribution in [1.82, 2.24) is 0 Å². The molecule has 0 unspecified atom stereocenters. The summed E-state index contributed by atoms with van der Waals surface area (Å²) in [5, 5.41) is 17.1. The molecule has 0 aliphatic rings. The van der Waals surface area contributed by atoms with Gasteiger partial charge in [0.15, 0.2) is 0 Å². The highest BCUT2D eigenvalue weighted by Crippen LogP contribution is 2.21. The van der Waals surface area contributed by atoms with Gasteiger partial charge in [0.2, 0.25) is 0 Å². The first-order valence-corrected chi connectivity index (χ1v) is 5.99. The van der Waals surface area contributed by atoms with Crippen LogP contribution in [0.15, 0.2) is 0 Å². The molecule has 4 nitrogen and oxygen atoms in total. The number of carbonyl (C=O) groups is 2. The summed E-state index contributed by atoms with van der Waals surface area (Å²) in [4.78, 5) is 20.7. The fraction of sp³-hybridized carbons (Fsp3) is 0.833. The highest BCUT2D eigenvalue weighted by atomic mass is 16.4. The standard InChI is InChI=1S/C12H22O4/c1-2-5-10(6-3-8-11(13)14)7-4-9-12(15)16/h10H,2-9H2,1H3,(H,13,14)(H,15,16). The SMILES string of the molecule is CCCC(CCCC(=O)O)CCCC(=O)O. The molecule has 0 amide bonds. The van der Waals surface area contributed by atoms with Gasteiger partial charge in [0.05, 0.1) is 0 Å². The van der Waals surface area contributed by atoms with Gasteiger partial charge < -0.3 is 10.2 Å². The molecule has 0 radical (unpaired) electrons. The molecule has 16 heavy (non-hydrogen) atoms. The Hall–Kier alpha value is -1.06. The van der Waals surface area contributed by atoms with E-state index < -0.39 is 11.9 Å². The number of rotatable bonds is 10. The van der Waals surface area contributed by atoms with Crippen LogP contribution in [0.1, 0.15) is 58.3 Å². The van der Waals surface area contributed by atoms with Crippen LogP contribution in [0.2, 0.25) is 0 Å². The maximum absolute atomic E-state index is 10.4. The Morgan fingerprint density at radius 3 is 1.69 bits per heavy atom. The first kappa shape index (κ1) is 14.9. The Kier molecular flexibility index (Phi) is 8.58. The number of carboxylic acids is 2. The van der Waals surface area contributed by atoms with E-state index in [1.165, 1.54) is 0 Å². The lowest BCUT2D eigenvalue weighted by molar-refractivity contribution is -0.138. The van der Waals surface area contributed by atoms with Crippen LogP contribution < -0.4 is 0 Å². The predicted molar refractivity (Wildman–Crippen MR) is 61.4 cm³/mol. The van der Waals surface area contributed by atoms with Gasteiger partial charge in [0, 0.05) is 12.8 Å². The average molecular weight is 230 g/mol. The summed E-state index contributed by atoms with van der Waals surface area (Å²) in [6.07, 6.45) is 5.79. The largest absolute Gasteiger partial charge is 0.481 e. The Morgan fingerprint density at radius 1 is 0.938 bits per heavy atom. The fourth-order valence-corrected chi connectivity index (χ4v) is 1.93. The van der Waals surface area contributed by atoms with Crippen molar-refractivity contribution in [2.75, 3.05) is 0 Å². The van der Waals surface area contributed by atoms with Gasteiger partial charge in [-0.1, -0.05) is 19.8 Å². The van der Waals surface area contributed by atoms with E-state index >= 15 is 0 Å². The van der Waals surface area contributed by atoms with E-state index in [0.29, 0.717) is 18.8 Å². The van der Waals surface area contributed by atoms with Crippen molar-refractivity contribution in [3.63, 3.8) is 0 Å². The monoisotopic (exact) mass is 230 g/mol. The minimum absolute atomic E-state index is 0.221. The van der Waals surface area contributed by atoms with Gasteiger partial charge in [-0.25, -0.2) is 0 Å². The molecule has 0 spiro atoms. The molecule has 0 aromatic rings. The molecule has 0 bridgehead atoms. The molecule has 0 heterocycles. The average Bonchev–Trinajstić information content (AvgIpc) is 2.16. The smallest absolute Gasteiger partial charge is 0.303 e. The van der Waals surface area contributed by atoms with Crippen LogP contribution in [-0.4, -0.2) is 22.2 Å². The summed E-state index contributed by atoms with van der Waals surface area (Å²) in [5.74, 6) is -1.01. The van der Waals surface area contributed by atoms with E-state index in [2.05, 4.69) is 6.92 Å². The molecular formula is C12H22O4. The quantitative estimate of drug-likeness (QED) is 0.605. The predicted octanol–water partition coefficient (Wildman–Crippen LogP) is 2.91. The Morgan fingerprint density at radius 2 is 1.38 bits per heavy atom. The van der Waals surface area contributed by atoms with Crippen molar-refractivity contribution >= 4 is 11.9 Å². The molecule has 0 aromatic heterocycles. The van der Waals surface area contributed by atoms with Gasteiger partial charge in [0.25, 0.3) is 0 Å². The van der Waals surface area contributed by atoms with E-state index in [0.717, 1.165) is 25.7 Å². The Bertz CT molecular complexity index is 193. The highest BCUT2D eigenvalue weighted by molar-refractivity contribution is 5.66. The van der Waals surface area contributed by atoms with Crippen molar-refractivity contribution in [2.24, 2.45) is 5.92 Å². The molecule has 0 fully saturated rings. The number of hydrogen-bond donors (Lipinski definition) is 2. The second-order valence-electron chi connectivity index (χ2n) is 4.23. The molecule has 0 aliphatic carbocycles. The lowest BCUT2D eigenvalue weighted by atomic mass is 9.92. The number of aliphatic carboxylic acids is 2. The summed E-state index contributed by atoms with van der Waals surface area (Å²) in [5.41, 5.74) is 0. The van der Waals surface area contributed by atoms with Gasteiger partial charge in [-0.15, -0.1) is 0 Å². The van der Waals surface area contributed by atoms with Crippen LogP contribution in [-0.2, 0) is 9.59 Å². The number of carboxylic acid groups (broad SMARTS) is 2. The summed E-state index contributed by atoms with van der Waals surface area (Å²) in [7, 11) is 0. The van der Waals surface area contributed by atoms with Crippen LogP contribution in [0, 0.1) is 5.92 Å². The van der Waals surface area contributed by atoms with Gasteiger partial charge in [-0.05, 0) is 31.6 Å². The molecule has 0 saturated carbocycles. The van der Waals surface area contributed by atoms with Gasteiger partial charge in [0.1, 0.15) is 0 Å². The molecule has 94 valence electrons. The third-order valence-electron chi connectivity index (χ3n) is 2.70. The summed E-state index contributed by atoms with van der Waals surface area (Å²) < 4.78 is 0. The van der Waals surface area contributed by atoms with Crippen molar-refractivity contribution in [3.8, 4) is 0 Å². The number of hydrogen-bond acceptors (Lipinski definition) is 2. The zero-order chi connectivity index (χ0) is 12.4. The minimum atomic E-state index is -0.749. The maximum Gasteiger partial charge on any atom is 0.303 e. The molecule has 0 atom stereocenters. The molecule has 4 heteroatoms. The Balaban J connectivity index is 3.69. The molecule has 0 aromatic carbocycles. The van der Waals surface area contributed by atoms with Crippen molar-refractivity contribution in [2.45, 2.75) is 58.3 Å². The third-order valence-corrected chi connectivity index (χ3v) is 2.70. The van der Waals surface area contributed by atoms with Crippen molar-refractivity contribution in [1.29, 1.82) is 0 Å². The van der Waals surface area contributed by atoms with Crippen LogP contribution >= 0.6 is 0 Å². The minimum Gasteiger partial charge on any atom is -0.481 e. The van der Waals surface area contributed by atoms with Crippen LogP contribution in [0.25, 0.3) is 0 Å². The zero-order valence-electron chi connectivity index (χ0n) is 9.95. The van der Waals surface area contributed by atoms with Crippen molar-refractivity contribution in [3.05, 3.63) is 0 Å². The first-order valence-electron chi connectivity index (χ1n) is 5.99. The van der Waals surface area contributed by atoms with E-state index in [1.54, 1.807) is 0 Å². The second-order valence-corrected chi connectivity index (χ2v) is 4.23. The molecular weight excluding hydrogens is 208 g/mol. The lowest BCUT2D eigenvalue weighted by Gasteiger charge is -2.14. The Labute approximate surface area is 96.7 Å². The van der Waals surface area contributed by atoms with E-state index in [1.807, 2.05) is 0 Å². The molecule has 0 saturated heterocycles. The summed E-state index contributed by atoms with van der Waals surface area (Å²) in [6.45, 7) is 2.10. The maximum atomic E-state index is 10.4. The van der Waals surface area contributed by atoms with Crippen LogP contribution in [0.4, 0.5) is 0 Å². The topological polar surface area (TPSA) is 74.6 Å². The lowest BCUT2D eigenvalue weighted by Crippen LogP contribution is -2.04. The zero-order valence-corrected chi connectivity index (χ0v) is 9.95. The third kappa shape index (κ3) is 9.49. The summed E-state index contributed by atoms with van der Waals surface area (Å²) in [6, 6.07) is 0.